The molecule has 3 aliphatic rings. The number of aliphatic hydroxyl groups is 2. The lowest BCUT2D eigenvalue weighted by Crippen LogP contribution is -2.32. The lowest BCUT2D eigenvalue weighted by molar-refractivity contribution is 0.174. The maximum Gasteiger partial charge on any atom is 0.258 e. The third kappa shape index (κ3) is 16.5. The van der Waals surface area contributed by atoms with E-state index in [0.717, 1.165) is 145 Å². The van der Waals surface area contributed by atoms with E-state index < -0.39 is 0 Å². The van der Waals surface area contributed by atoms with Crippen LogP contribution in [0.5, 0.6) is 17.2 Å². The van der Waals surface area contributed by atoms with Crippen LogP contribution in [-0.4, -0.2) is 139 Å². The van der Waals surface area contributed by atoms with Gasteiger partial charge in [0.1, 0.15) is 37.1 Å². The largest absolute Gasteiger partial charge is 0.489 e. The number of ether oxygens (including phenoxy) is 3. The highest BCUT2D eigenvalue weighted by Crippen LogP contribution is 2.25. The first-order chi connectivity index (χ1) is 47.5. The lowest BCUT2D eigenvalue weighted by atomic mass is 10.2. The molecule has 0 radical (unpaired) electrons. The Kier molecular flexibility index (Phi) is 21.0. The van der Waals surface area contributed by atoms with Crippen molar-refractivity contribution in [2.75, 3.05) is 52.4 Å². The van der Waals surface area contributed by atoms with Crippen LogP contribution < -0.4 is 30.9 Å². The Hall–Kier alpha value is -10.2. The van der Waals surface area contributed by atoms with E-state index in [2.05, 4.69) is 47.7 Å². The van der Waals surface area contributed by atoms with Gasteiger partial charge in [0.15, 0.2) is 0 Å². The summed E-state index contributed by atoms with van der Waals surface area (Å²) in [7, 11) is 0. The Morgan fingerprint density at radius 1 is 0.412 bits per heavy atom. The lowest BCUT2D eigenvalue weighted by Gasteiger charge is -2.23. The number of pyridine rings is 3. The molecule has 3 aliphatic heterocycles. The summed E-state index contributed by atoms with van der Waals surface area (Å²) in [4.78, 5) is 45.3. The van der Waals surface area contributed by atoms with E-state index in [9.17, 15) is 24.6 Å². The number of likely N-dealkylation sites (tertiary alicyclic amines) is 3. The van der Waals surface area contributed by atoms with E-state index in [-0.39, 0.29) is 28.9 Å². The molecule has 12 aromatic rings. The SMILES string of the molecule is CC[C@H]1CCCN1CCn1ncc2cc(-n3ccc(OCc4ccccc4)cc3=O)ccc21.O=c1cc(OCc2ccccc2)ccn1-c1ccc2c(cnn2CCN2CC[C@@H](O)C2)c1.O=c1cc(OCc2ccccc2)ccn1-c1ccc2c(cnn2CCN2CC[C@H](O)C2)c1. The van der Waals surface area contributed by atoms with Crippen molar-refractivity contribution >= 4 is 32.7 Å². The molecule has 2 N–H and O–H groups in total. The van der Waals surface area contributed by atoms with Crippen LogP contribution >= 0.6 is 0 Å². The molecule has 3 fully saturated rings. The van der Waals surface area contributed by atoms with E-state index in [1.165, 1.54) is 44.0 Å². The second-order valence-electron chi connectivity index (χ2n) is 25.1. The van der Waals surface area contributed by atoms with Gasteiger partial charge in [-0.25, -0.2) is 0 Å². The second kappa shape index (κ2) is 31.1. The number of fused-ring (bicyclic) bond motifs is 3. The molecule has 0 bridgehead atoms. The zero-order chi connectivity index (χ0) is 66.5. The molecule has 6 aromatic carbocycles. The maximum absolute atomic E-state index is 12.8. The molecule has 20 nitrogen and oxygen atoms in total. The average molecular weight is 1300 g/mol. The zero-order valence-electron chi connectivity index (χ0n) is 54.7. The van der Waals surface area contributed by atoms with Crippen LogP contribution in [0.15, 0.2) is 234 Å². The molecule has 0 unspecified atom stereocenters. The maximum atomic E-state index is 12.8. The third-order valence-corrected chi connectivity index (χ3v) is 18.4. The van der Waals surface area contributed by atoms with E-state index in [4.69, 9.17) is 14.2 Å². The van der Waals surface area contributed by atoms with Crippen LogP contribution in [0, 0.1) is 0 Å². The van der Waals surface area contributed by atoms with Crippen LogP contribution in [-0.2, 0) is 39.5 Å². The molecule has 3 saturated heterocycles. The van der Waals surface area contributed by atoms with Crippen molar-refractivity contribution in [3.63, 3.8) is 0 Å². The normalized spacial score (nSPS) is 16.5. The van der Waals surface area contributed by atoms with E-state index in [0.29, 0.717) is 43.1 Å². The summed E-state index contributed by atoms with van der Waals surface area (Å²) in [6, 6.07) is 58.3. The summed E-state index contributed by atoms with van der Waals surface area (Å²) in [5.74, 6) is 1.67. The number of hydrogen-bond acceptors (Lipinski definition) is 14. The van der Waals surface area contributed by atoms with Crippen LogP contribution in [0.3, 0.4) is 0 Å². The Balaban J connectivity index is 0.000000131. The topological polar surface area (TPSA) is 197 Å². The minimum absolute atomic E-state index is 0.119. The molecule has 15 rings (SSSR count). The highest BCUT2D eigenvalue weighted by atomic mass is 16.5. The van der Waals surface area contributed by atoms with Crippen molar-refractivity contribution < 1.29 is 24.4 Å². The number of β-amino-alcohol motifs (C(OH)–C–C–N with tert-alkyl or cyclic N) is 2. The fraction of sp³-hybridized carbons (Fsp3) is 0.299. The minimum Gasteiger partial charge on any atom is -0.489 e. The molecule has 0 amide bonds. The van der Waals surface area contributed by atoms with Gasteiger partial charge in [-0.15, -0.1) is 0 Å². The summed E-state index contributed by atoms with van der Waals surface area (Å²) in [6.45, 7) is 13.2. The smallest absolute Gasteiger partial charge is 0.258 e. The first-order valence-corrected chi connectivity index (χ1v) is 33.6. The van der Waals surface area contributed by atoms with Gasteiger partial charge in [0.2, 0.25) is 0 Å². The van der Waals surface area contributed by atoms with Gasteiger partial charge in [-0.3, -0.25) is 56.8 Å². The number of hydrogen-bond donors (Lipinski definition) is 2. The predicted octanol–water partition coefficient (Wildman–Crippen LogP) is 10.3. The van der Waals surface area contributed by atoms with Gasteiger partial charge in [-0.05, 0) is 128 Å². The standard InChI is InChI=1S/C27H30N4O2.2C25H26N4O3/c1-2-23-9-6-13-29(23)15-16-31-26-11-10-24(17-22(26)19-28-31)30-14-12-25(18-27(30)32)33-20-21-7-4-3-5-8-21;2*30-22-8-10-27(17-22)12-13-29-24-7-6-21(14-20(24)16-26-29)28-11-9-23(15-25(28)31)32-18-19-4-2-1-3-5-19/h3-5,7-8,10-12,14,17-19,23H,2,6,9,13,15-16,20H2,1H3;2*1-7,9,11,14-16,22,30H,8,10,12-13,17-18H2/t23-;2*22-/m010/s1. The molecule has 20 heteroatoms. The summed E-state index contributed by atoms with van der Waals surface area (Å²) >= 11 is 0. The van der Waals surface area contributed by atoms with Gasteiger partial charge in [-0.2, -0.15) is 15.3 Å². The summed E-state index contributed by atoms with van der Waals surface area (Å²) in [5, 5.41) is 36.0. The third-order valence-electron chi connectivity index (χ3n) is 18.4. The molecule has 0 aliphatic carbocycles. The van der Waals surface area contributed by atoms with Crippen molar-refractivity contribution in [2.45, 2.75) is 96.7 Å². The Morgan fingerprint density at radius 2 is 0.773 bits per heavy atom. The molecule has 6 aromatic heterocycles. The number of rotatable bonds is 22. The van der Waals surface area contributed by atoms with Gasteiger partial charge in [0.25, 0.3) is 16.7 Å². The molecule has 97 heavy (non-hydrogen) atoms. The van der Waals surface area contributed by atoms with Crippen molar-refractivity contribution in [3.05, 3.63) is 267 Å². The monoisotopic (exact) mass is 1300 g/mol. The minimum atomic E-state index is -0.208. The van der Waals surface area contributed by atoms with Gasteiger partial charge in [0, 0.05) is 122 Å². The van der Waals surface area contributed by atoms with Crippen LogP contribution in [0.25, 0.3) is 49.8 Å². The molecule has 0 saturated carbocycles. The predicted molar refractivity (Wildman–Crippen MR) is 377 cm³/mol. The van der Waals surface area contributed by atoms with Gasteiger partial charge in [-0.1, -0.05) is 97.9 Å². The Morgan fingerprint density at radius 3 is 1.10 bits per heavy atom. The quantitative estimate of drug-likeness (QED) is 0.0650. The molecular weight excluding hydrogens is 1220 g/mol. The van der Waals surface area contributed by atoms with Crippen LogP contribution in [0.1, 0.15) is 55.7 Å². The molecule has 9 heterocycles. The van der Waals surface area contributed by atoms with Gasteiger partial charge < -0.3 is 24.4 Å². The summed E-state index contributed by atoms with van der Waals surface area (Å²) in [6.07, 6.45) is 15.9. The van der Waals surface area contributed by atoms with Crippen molar-refractivity contribution in [3.8, 4) is 34.3 Å². The van der Waals surface area contributed by atoms with Gasteiger partial charge in [0.05, 0.1) is 67.0 Å². The Labute approximate surface area is 562 Å². The van der Waals surface area contributed by atoms with Gasteiger partial charge >= 0.3 is 0 Å². The molecule has 498 valence electrons. The Bertz CT molecular complexity index is 4560. The number of nitrogens with zero attached hydrogens (tertiary/aromatic N) is 12. The highest BCUT2D eigenvalue weighted by molar-refractivity contribution is 5.82. The summed E-state index contributed by atoms with van der Waals surface area (Å²) in [5.41, 5.74) is 8.34. The van der Waals surface area contributed by atoms with Crippen molar-refractivity contribution in [1.82, 2.24) is 57.7 Å². The molecular formula is C77H82N12O8. The second-order valence-corrected chi connectivity index (χ2v) is 25.1. The molecule has 0 spiro atoms. The van der Waals surface area contributed by atoms with Crippen molar-refractivity contribution in [2.24, 2.45) is 0 Å². The zero-order valence-corrected chi connectivity index (χ0v) is 54.7. The fourth-order valence-corrected chi connectivity index (χ4v) is 13.1. The average Bonchev–Trinajstić information content (AvgIpc) is 1.84. The number of benzene rings is 6. The van der Waals surface area contributed by atoms with E-state index in [1.54, 1.807) is 32.3 Å². The fourth-order valence-electron chi connectivity index (χ4n) is 13.1. The number of aromatic nitrogens is 9. The first kappa shape index (κ1) is 65.4. The van der Waals surface area contributed by atoms with Crippen LogP contribution in [0.4, 0.5) is 0 Å². The highest BCUT2D eigenvalue weighted by Gasteiger charge is 2.24. The first-order valence-electron chi connectivity index (χ1n) is 33.6. The molecule has 3 atom stereocenters. The number of aliphatic hydroxyl groups excluding tert-OH is 2. The van der Waals surface area contributed by atoms with E-state index >= 15 is 0 Å². The summed E-state index contributed by atoms with van der Waals surface area (Å²) < 4.78 is 28.2. The van der Waals surface area contributed by atoms with E-state index in [1.807, 2.05) is 186 Å². The van der Waals surface area contributed by atoms with Crippen molar-refractivity contribution in [1.29, 1.82) is 0 Å². The van der Waals surface area contributed by atoms with Crippen LogP contribution in [0.2, 0.25) is 0 Å².